The Hall–Kier alpha value is -1.36. The molecular formula is C38H56N3O13S4-. The number of hydrogen-bond donors (Lipinski definition) is 7. The summed E-state index contributed by atoms with van der Waals surface area (Å²) in [7, 11) is 7.51. The molecule has 0 saturated carbocycles. The Kier molecular flexibility index (Phi) is 18.6. The zero-order valence-corrected chi connectivity index (χ0v) is 36.7. The number of nitrogens with one attached hydrogen (secondary N) is 3. The molecule has 2 bridgehead atoms. The fourth-order valence-corrected chi connectivity index (χ4v) is 10.6. The van der Waals surface area contributed by atoms with Gasteiger partial charge < -0.3 is 53.8 Å². The van der Waals surface area contributed by atoms with Gasteiger partial charge in [-0.15, -0.1) is 6.08 Å². The van der Waals surface area contributed by atoms with Gasteiger partial charge in [-0.05, 0) is 48.5 Å². The summed E-state index contributed by atoms with van der Waals surface area (Å²) in [5, 5.41) is 40.4. The molecule has 1 amide bonds. The molecule has 5 aliphatic rings. The lowest BCUT2D eigenvalue weighted by molar-refractivity contribution is -0.337. The first-order valence-electron chi connectivity index (χ1n) is 19.2. The van der Waals surface area contributed by atoms with E-state index in [0.717, 1.165) is 0 Å². The van der Waals surface area contributed by atoms with Crippen LogP contribution in [0.4, 0.5) is 4.79 Å². The first-order valence-corrected chi connectivity index (χ1v) is 23.8. The van der Waals surface area contributed by atoms with E-state index in [1.165, 1.54) is 19.3 Å². The predicted octanol–water partition coefficient (Wildman–Crippen LogP) is 2.20. The minimum absolute atomic E-state index is 0.0956. The van der Waals surface area contributed by atoms with Crippen LogP contribution < -0.4 is 16.1 Å². The van der Waals surface area contributed by atoms with Gasteiger partial charge in [0.15, 0.2) is 24.7 Å². The molecule has 326 valence electrons. The van der Waals surface area contributed by atoms with Crippen LogP contribution >= 0.6 is 44.0 Å². The molecule has 0 radical (unpaired) electrons. The highest BCUT2D eigenvalue weighted by molar-refractivity contribution is 9.09. The highest BCUT2D eigenvalue weighted by atomic mass is 33.5. The first-order chi connectivity index (χ1) is 27.8. The zero-order chi connectivity index (χ0) is 42.0. The van der Waals surface area contributed by atoms with Crippen molar-refractivity contribution in [3.8, 4) is 11.8 Å². The Morgan fingerprint density at radius 3 is 2.66 bits per heavy atom. The third kappa shape index (κ3) is 12.0. The highest BCUT2D eigenvalue weighted by Crippen LogP contribution is 2.44. The largest absolute Gasteiger partial charge is 0.453 e. The molecule has 58 heavy (non-hydrogen) atoms. The summed E-state index contributed by atoms with van der Waals surface area (Å²) in [6, 6.07) is -1.01. The van der Waals surface area contributed by atoms with Gasteiger partial charge in [-0.1, -0.05) is 34.4 Å². The van der Waals surface area contributed by atoms with Gasteiger partial charge in [0, 0.05) is 31.6 Å². The number of amides is 1. The minimum atomic E-state index is -1.83. The molecule has 3 heterocycles. The number of Topliss-reactive ketones (excluding diaryl/α,β-unsaturated/α-hetero) is 1. The molecule has 0 spiro atoms. The van der Waals surface area contributed by atoms with Crippen molar-refractivity contribution < 1.29 is 62.9 Å². The normalized spacial score (nSPS) is 39.7. The lowest BCUT2D eigenvalue weighted by Crippen LogP contribution is -2.65. The molecule has 1 unspecified atom stereocenters. The van der Waals surface area contributed by atoms with E-state index in [0.29, 0.717) is 25.1 Å². The third-order valence-electron chi connectivity index (χ3n) is 10.6. The molecule has 0 aromatic carbocycles. The monoisotopic (exact) mass is 890 g/mol. The molecule has 2 aliphatic carbocycles. The second-order valence-electron chi connectivity index (χ2n) is 14.4. The number of carbonyl (C=O) groups is 2. The Balaban J connectivity index is 1.50. The Morgan fingerprint density at radius 1 is 1.16 bits per heavy atom. The van der Waals surface area contributed by atoms with Crippen molar-refractivity contribution in [3.05, 3.63) is 35.6 Å². The maximum Gasteiger partial charge on any atom is 0.411 e. The number of ether oxygens (including phenoxy) is 7. The van der Waals surface area contributed by atoms with E-state index in [2.05, 4.69) is 46.7 Å². The molecular weight excluding hydrogens is 835 g/mol. The number of methoxy groups -OCH3 is 2. The van der Waals surface area contributed by atoms with Crippen molar-refractivity contribution in [2.45, 2.75) is 131 Å². The van der Waals surface area contributed by atoms with Crippen LogP contribution in [0.1, 0.15) is 46.5 Å². The smallest absolute Gasteiger partial charge is 0.411 e. The third-order valence-corrected chi connectivity index (χ3v) is 15.3. The van der Waals surface area contributed by atoms with Gasteiger partial charge in [0.05, 0.1) is 73.7 Å². The Morgan fingerprint density at radius 2 is 1.95 bits per heavy atom. The van der Waals surface area contributed by atoms with Crippen LogP contribution in [0, 0.1) is 23.8 Å². The molecule has 5 rings (SSSR count). The number of carbonyl (C=O) groups excluding carboxylic acids is 2. The number of allylic oxidation sites excluding steroid dienone is 4. The number of aliphatic hydroxyl groups excluding tert-OH is 2. The maximum atomic E-state index is 13.9. The van der Waals surface area contributed by atoms with Gasteiger partial charge in [-0.2, -0.15) is 30.1 Å². The van der Waals surface area contributed by atoms with E-state index in [1.54, 1.807) is 58.4 Å². The molecule has 0 aromatic heterocycles. The molecule has 15 atom stereocenters. The standard InChI is InChI=1S/C38H56N3O13S4/c1-7-39-23-19-49-28(17-27(23)47-4)53-34-33(44)31(41-54-29-16-24(42)35(55)21(3)50-29)20(2)51-36(34)52-26-12-10-8-9-11-14-38(46)18-25(43)32(40-37(45)48-5)30(26)22(38)13-15-57-58-56-6/h8-9,12,20-24,26-29,31,33-36,39,41-42,44,46,55H,7,13,15-19H2,1-6H3,(H,40,45)/q-1/b9-8-/t20-,21-,22?,23+,24+,26+,27+,28+,29+,31-,33+,34-,35-,36+,38+/m1/s1. The lowest BCUT2D eigenvalue weighted by Gasteiger charge is -2.47. The Bertz CT molecular complexity index is 1540. The van der Waals surface area contributed by atoms with Crippen molar-refractivity contribution in [3.63, 3.8) is 0 Å². The van der Waals surface area contributed by atoms with Crippen LogP contribution in [0.15, 0.2) is 29.5 Å². The average molecular weight is 891 g/mol. The van der Waals surface area contributed by atoms with Crippen molar-refractivity contribution >= 4 is 55.9 Å². The van der Waals surface area contributed by atoms with E-state index < -0.39 is 90.2 Å². The molecule has 3 saturated heterocycles. The number of thiol groups is 1. The predicted molar refractivity (Wildman–Crippen MR) is 222 cm³/mol. The fraction of sp³-hybridized carbons (Fsp3) is 0.737. The highest BCUT2D eigenvalue weighted by Gasteiger charge is 2.52. The molecule has 6 N–H and O–H groups in total. The number of hydroxylamine groups is 1. The topological polar surface area (TPSA) is 205 Å². The van der Waals surface area contributed by atoms with Crippen molar-refractivity contribution in [2.24, 2.45) is 5.92 Å². The van der Waals surface area contributed by atoms with Gasteiger partial charge in [0.1, 0.15) is 17.8 Å². The molecule has 0 aromatic rings. The van der Waals surface area contributed by atoms with Crippen molar-refractivity contribution in [1.82, 2.24) is 16.1 Å². The van der Waals surface area contributed by atoms with Gasteiger partial charge in [-0.3, -0.25) is 21.0 Å². The Labute approximate surface area is 357 Å². The number of likely N-dealkylation sites (N-methyl/N-ethyl adjacent to an activating group) is 1. The summed E-state index contributed by atoms with van der Waals surface area (Å²) < 4.78 is 42.5. The zero-order valence-electron chi connectivity index (χ0n) is 33.4. The molecule has 20 heteroatoms. The first kappa shape index (κ1) is 47.7. The van der Waals surface area contributed by atoms with E-state index in [-0.39, 0.29) is 42.9 Å². The van der Waals surface area contributed by atoms with Crippen LogP contribution in [0.2, 0.25) is 0 Å². The average Bonchev–Trinajstić information content (AvgIpc) is 3.19. The number of ketones is 1. The number of fused-ring (bicyclic) bond motifs is 2. The van der Waals surface area contributed by atoms with Crippen LogP contribution in [-0.4, -0.2) is 151 Å². The fourth-order valence-electron chi connectivity index (χ4n) is 7.62. The summed E-state index contributed by atoms with van der Waals surface area (Å²) >= 11 is 4.42. The number of aliphatic hydroxyl groups is 3. The summed E-state index contributed by atoms with van der Waals surface area (Å²) in [4.78, 5) is 32.5. The van der Waals surface area contributed by atoms with E-state index >= 15 is 0 Å². The van der Waals surface area contributed by atoms with Crippen LogP contribution in [0.25, 0.3) is 0 Å². The van der Waals surface area contributed by atoms with Gasteiger partial charge >= 0.3 is 6.09 Å². The second kappa shape index (κ2) is 22.6. The molecule has 16 nitrogen and oxygen atoms in total. The van der Waals surface area contributed by atoms with E-state index in [4.69, 9.17) is 38.0 Å². The number of rotatable bonds is 16. The van der Waals surface area contributed by atoms with E-state index in [9.17, 15) is 24.9 Å². The van der Waals surface area contributed by atoms with Crippen molar-refractivity contribution in [2.75, 3.05) is 39.4 Å². The molecule has 3 aliphatic heterocycles. The summed E-state index contributed by atoms with van der Waals surface area (Å²) in [6.07, 6.45) is -0.0382. The summed E-state index contributed by atoms with van der Waals surface area (Å²) in [5.74, 6) is 4.88. The van der Waals surface area contributed by atoms with Crippen LogP contribution in [0.3, 0.4) is 0 Å². The molecule has 3 fully saturated rings. The van der Waals surface area contributed by atoms with Crippen molar-refractivity contribution in [1.29, 1.82) is 0 Å². The number of hydrogen-bond acceptors (Lipinski definition) is 19. The van der Waals surface area contributed by atoms with Gasteiger partial charge in [0.25, 0.3) is 0 Å². The maximum absolute atomic E-state index is 13.9. The number of alkyl carbamates (subject to hydrolysis) is 1. The summed E-state index contributed by atoms with van der Waals surface area (Å²) in [5.41, 5.74) is 1.19. The second-order valence-corrected chi connectivity index (χ2v) is 19.5. The van der Waals surface area contributed by atoms with Gasteiger partial charge in [0.2, 0.25) is 0 Å². The minimum Gasteiger partial charge on any atom is -0.453 e. The quantitative estimate of drug-likeness (QED) is 0.0297. The SMILES string of the molecule is CCN[C@H]1CO[C@@H](O[C@H]2[C@H](O[C@H]3C=[C-]/C=C\C#C[C@]4(O)CC(=O)C(NC(=O)OC)=C3C4CCSSSC)O[C@H](C)[C@@H](NO[C@H]3C[C@H](O)[C@H](S)[C@@H](C)O3)[C@@H]2O)C[C@@H]1OC. The summed E-state index contributed by atoms with van der Waals surface area (Å²) in [6.45, 7) is 6.44. The lowest BCUT2D eigenvalue weighted by atomic mass is 9.70. The van der Waals surface area contributed by atoms with Crippen LogP contribution in [0.5, 0.6) is 0 Å². The van der Waals surface area contributed by atoms with Gasteiger partial charge in [-0.25, -0.2) is 10.9 Å². The van der Waals surface area contributed by atoms with E-state index in [1.807, 2.05) is 13.2 Å². The van der Waals surface area contributed by atoms with Crippen LogP contribution in [-0.2, 0) is 42.8 Å².